The summed E-state index contributed by atoms with van der Waals surface area (Å²) in [5, 5.41) is 16.7. The van der Waals surface area contributed by atoms with E-state index in [4.69, 9.17) is 11.6 Å². The van der Waals surface area contributed by atoms with E-state index in [0.29, 0.717) is 11.6 Å². The van der Waals surface area contributed by atoms with Crippen molar-refractivity contribution in [3.8, 4) is 0 Å². The van der Waals surface area contributed by atoms with Gasteiger partial charge in [-0.25, -0.2) is 0 Å². The number of nitrogens with zero attached hydrogens (tertiary/aromatic N) is 1. The van der Waals surface area contributed by atoms with E-state index in [2.05, 4.69) is 10.6 Å². The van der Waals surface area contributed by atoms with Gasteiger partial charge in [0.15, 0.2) is 0 Å². The van der Waals surface area contributed by atoms with E-state index >= 15 is 0 Å². The molecule has 0 aromatic heterocycles. The summed E-state index contributed by atoms with van der Waals surface area (Å²) in [5.41, 5.74) is 0.182. The van der Waals surface area contributed by atoms with Gasteiger partial charge in [0.1, 0.15) is 0 Å². The van der Waals surface area contributed by atoms with Gasteiger partial charge in [0.05, 0.1) is 21.6 Å². The van der Waals surface area contributed by atoms with Gasteiger partial charge in [0.25, 0.3) is 5.69 Å². The van der Waals surface area contributed by atoms with Crippen molar-refractivity contribution in [2.75, 3.05) is 18.4 Å². The molecule has 1 unspecified atom stereocenters. The Bertz CT molecular complexity index is 486. The molecular weight excluding hydrogens is 258 g/mol. The summed E-state index contributed by atoms with van der Waals surface area (Å²) in [6.45, 7) is 1.43. The molecule has 18 heavy (non-hydrogen) atoms. The molecule has 1 aliphatic rings. The van der Waals surface area contributed by atoms with Gasteiger partial charge in [-0.1, -0.05) is 11.6 Å². The van der Waals surface area contributed by atoms with Gasteiger partial charge < -0.3 is 10.6 Å². The van der Waals surface area contributed by atoms with Crippen molar-refractivity contribution in [2.24, 2.45) is 5.92 Å². The van der Waals surface area contributed by atoms with Crippen LogP contribution in [0.25, 0.3) is 0 Å². The second-order valence-corrected chi connectivity index (χ2v) is 4.51. The molecule has 1 amide bonds. The highest BCUT2D eigenvalue weighted by molar-refractivity contribution is 6.33. The lowest BCUT2D eigenvalue weighted by atomic mass is 10.1. The lowest BCUT2D eigenvalue weighted by Crippen LogP contribution is -2.24. The average Bonchev–Trinajstić information content (AvgIpc) is 2.85. The summed E-state index contributed by atoms with van der Waals surface area (Å²) in [5.74, 6) is -0.275. The van der Waals surface area contributed by atoms with Gasteiger partial charge in [-0.05, 0) is 19.0 Å². The first kappa shape index (κ1) is 12.8. The number of nitrogens with one attached hydrogen (secondary N) is 2. The topological polar surface area (TPSA) is 84.3 Å². The normalized spacial score (nSPS) is 18.6. The van der Waals surface area contributed by atoms with Crippen LogP contribution in [-0.2, 0) is 4.79 Å². The SMILES string of the molecule is O=C(Nc1cc([N+](=O)[O-])ccc1Cl)C1CCNC1. The first-order chi connectivity index (χ1) is 8.58. The maximum absolute atomic E-state index is 11.9. The molecular formula is C11H12ClN3O3. The molecule has 1 aromatic carbocycles. The van der Waals surface area contributed by atoms with Crippen molar-refractivity contribution in [3.63, 3.8) is 0 Å². The molecule has 0 radical (unpaired) electrons. The highest BCUT2D eigenvalue weighted by Crippen LogP contribution is 2.27. The molecule has 0 aliphatic carbocycles. The van der Waals surface area contributed by atoms with Crippen molar-refractivity contribution in [1.82, 2.24) is 5.32 Å². The summed E-state index contributed by atoms with van der Waals surface area (Å²) in [7, 11) is 0. The third-order valence-corrected chi connectivity index (χ3v) is 3.18. The molecule has 1 saturated heterocycles. The minimum absolute atomic E-state index is 0.0979. The Kier molecular flexibility index (Phi) is 3.78. The zero-order valence-corrected chi connectivity index (χ0v) is 10.2. The van der Waals surface area contributed by atoms with Gasteiger partial charge in [-0.2, -0.15) is 0 Å². The van der Waals surface area contributed by atoms with Gasteiger partial charge in [-0.15, -0.1) is 0 Å². The summed E-state index contributed by atoms with van der Waals surface area (Å²) < 4.78 is 0. The number of nitro benzene ring substituents is 1. The second-order valence-electron chi connectivity index (χ2n) is 4.10. The van der Waals surface area contributed by atoms with Crippen LogP contribution in [0.15, 0.2) is 18.2 Å². The van der Waals surface area contributed by atoms with Crippen molar-refractivity contribution in [2.45, 2.75) is 6.42 Å². The Labute approximate surface area is 108 Å². The summed E-state index contributed by atoms with van der Waals surface area (Å²) in [4.78, 5) is 22.0. The predicted octanol–water partition coefficient (Wildman–Crippen LogP) is 1.80. The van der Waals surface area contributed by atoms with E-state index in [1.54, 1.807) is 0 Å². The fourth-order valence-corrected chi connectivity index (χ4v) is 2.00. The Hall–Kier alpha value is -1.66. The molecule has 2 rings (SSSR count). The highest BCUT2D eigenvalue weighted by atomic mass is 35.5. The van der Waals surface area contributed by atoms with Gasteiger partial charge in [-0.3, -0.25) is 14.9 Å². The van der Waals surface area contributed by atoms with E-state index in [-0.39, 0.29) is 23.2 Å². The zero-order valence-electron chi connectivity index (χ0n) is 9.48. The monoisotopic (exact) mass is 269 g/mol. The Morgan fingerprint density at radius 2 is 2.33 bits per heavy atom. The van der Waals surface area contributed by atoms with E-state index in [0.717, 1.165) is 13.0 Å². The fourth-order valence-electron chi connectivity index (χ4n) is 1.84. The van der Waals surface area contributed by atoms with Crippen LogP contribution in [0, 0.1) is 16.0 Å². The molecule has 6 nitrogen and oxygen atoms in total. The minimum Gasteiger partial charge on any atom is -0.324 e. The van der Waals surface area contributed by atoms with Crippen LogP contribution < -0.4 is 10.6 Å². The number of carbonyl (C=O) groups is 1. The molecule has 0 saturated carbocycles. The second kappa shape index (κ2) is 5.32. The summed E-state index contributed by atoms with van der Waals surface area (Å²) >= 11 is 5.90. The number of carbonyl (C=O) groups excluding carboxylic acids is 1. The van der Waals surface area contributed by atoms with Crippen LogP contribution in [0.4, 0.5) is 11.4 Å². The van der Waals surface area contributed by atoms with Crippen molar-refractivity contribution in [3.05, 3.63) is 33.3 Å². The van der Waals surface area contributed by atoms with Crippen LogP contribution in [0.1, 0.15) is 6.42 Å². The lowest BCUT2D eigenvalue weighted by Gasteiger charge is -2.10. The Balaban J connectivity index is 2.14. The molecule has 1 heterocycles. The minimum atomic E-state index is -0.525. The Morgan fingerprint density at radius 1 is 1.56 bits per heavy atom. The van der Waals surface area contributed by atoms with Crippen LogP contribution in [0.3, 0.4) is 0 Å². The molecule has 1 fully saturated rings. The molecule has 2 N–H and O–H groups in total. The maximum atomic E-state index is 11.9. The number of halogens is 1. The Morgan fingerprint density at radius 3 is 2.94 bits per heavy atom. The number of rotatable bonds is 3. The number of benzene rings is 1. The molecule has 96 valence electrons. The third kappa shape index (κ3) is 2.77. The smallest absolute Gasteiger partial charge is 0.271 e. The average molecular weight is 270 g/mol. The van der Waals surface area contributed by atoms with Crippen LogP contribution in [0.2, 0.25) is 5.02 Å². The van der Waals surface area contributed by atoms with Crippen molar-refractivity contribution < 1.29 is 9.72 Å². The molecule has 0 bridgehead atoms. The van der Waals surface area contributed by atoms with Gasteiger partial charge >= 0.3 is 0 Å². The maximum Gasteiger partial charge on any atom is 0.271 e. The standard InChI is InChI=1S/C11H12ClN3O3/c12-9-2-1-8(15(17)18)5-10(9)14-11(16)7-3-4-13-6-7/h1-2,5,7,13H,3-4,6H2,(H,14,16). The predicted molar refractivity (Wildman–Crippen MR) is 67.7 cm³/mol. The van der Waals surface area contributed by atoms with Gasteiger partial charge in [0.2, 0.25) is 5.91 Å². The summed E-state index contributed by atoms with van der Waals surface area (Å²) in [6.07, 6.45) is 0.762. The first-order valence-electron chi connectivity index (χ1n) is 5.53. The fraction of sp³-hybridized carbons (Fsp3) is 0.364. The first-order valence-corrected chi connectivity index (χ1v) is 5.91. The van der Waals surface area contributed by atoms with E-state index in [9.17, 15) is 14.9 Å². The highest BCUT2D eigenvalue weighted by Gasteiger charge is 2.23. The van der Waals surface area contributed by atoms with Gasteiger partial charge in [0, 0.05) is 18.7 Å². The van der Waals surface area contributed by atoms with E-state index in [1.807, 2.05) is 0 Å². The number of non-ortho nitro benzene ring substituents is 1. The molecule has 0 spiro atoms. The molecule has 1 atom stereocenters. The van der Waals surface area contributed by atoms with Crippen LogP contribution >= 0.6 is 11.6 Å². The summed E-state index contributed by atoms with van der Waals surface area (Å²) in [6, 6.07) is 3.97. The zero-order chi connectivity index (χ0) is 13.1. The van der Waals surface area contributed by atoms with Crippen molar-refractivity contribution in [1.29, 1.82) is 0 Å². The van der Waals surface area contributed by atoms with E-state index in [1.165, 1.54) is 18.2 Å². The molecule has 1 aromatic rings. The van der Waals surface area contributed by atoms with Crippen molar-refractivity contribution >= 4 is 28.9 Å². The van der Waals surface area contributed by atoms with Crippen LogP contribution in [0.5, 0.6) is 0 Å². The number of nitro groups is 1. The lowest BCUT2D eigenvalue weighted by molar-refractivity contribution is -0.384. The number of hydrogen-bond acceptors (Lipinski definition) is 4. The molecule has 1 aliphatic heterocycles. The van der Waals surface area contributed by atoms with E-state index < -0.39 is 4.92 Å². The number of anilines is 1. The number of amides is 1. The quantitative estimate of drug-likeness (QED) is 0.647. The van der Waals surface area contributed by atoms with Crippen LogP contribution in [-0.4, -0.2) is 23.9 Å². The molecule has 7 heteroatoms. The number of hydrogen-bond donors (Lipinski definition) is 2. The third-order valence-electron chi connectivity index (χ3n) is 2.85. The largest absolute Gasteiger partial charge is 0.324 e.